The number of carbonyl (C=O) groups excluding carboxylic acids is 2. The molecule has 0 spiro atoms. The number of benzene rings is 1. The van der Waals surface area contributed by atoms with E-state index in [0.29, 0.717) is 17.9 Å². The van der Waals surface area contributed by atoms with Gasteiger partial charge in [0.1, 0.15) is 18.4 Å². The second-order valence-corrected chi connectivity index (χ2v) is 5.19. The lowest BCUT2D eigenvalue weighted by Crippen LogP contribution is -2.33. The first-order chi connectivity index (χ1) is 11.0. The van der Waals surface area contributed by atoms with Crippen LogP contribution in [0, 0.1) is 5.82 Å². The first-order valence-electron chi connectivity index (χ1n) is 7.23. The van der Waals surface area contributed by atoms with Crippen LogP contribution in [0.3, 0.4) is 0 Å². The third-order valence-corrected chi connectivity index (χ3v) is 3.67. The Labute approximate surface area is 131 Å². The van der Waals surface area contributed by atoms with Crippen molar-refractivity contribution in [3.63, 3.8) is 0 Å². The summed E-state index contributed by atoms with van der Waals surface area (Å²) >= 11 is 0. The summed E-state index contributed by atoms with van der Waals surface area (Å²) in [5.41, 5.74) is 0.458. The summed E-state index contributed by atoms with van der Waals surface area (Å²) in [6.07, 6.45) is 0.601. The van der Waals surface area contributed by atoms with Crippen molar-refractivity contribution >= 4 is 17.6 Å². The molecular weight excluding hydrogens is 303 g/mol. The van der Waals surface area contributed by atoms with Crippen molar-refractivity contribution in [1.29, 1.82) is 0 Å². The van der Waals surface area contributed by atoms with Crippen molar-refractivity contribution in [2.75, 3.05) is 4.90 Å². The lowest BCUT2D eigenvalue weighted by molar-refractivity contribution is -0.127. The van der Waals surface area contributed by atoms with Crippen LogP contribution in [-0.4, -0.2) is 33.0 Å². The zero-order chi connectivity index (χ0) is 16.6. The molecule has 0 radical (unpaired) electrons. The minimum Gasteiger partial charge on any atom is -0.337 e. The van der Waals surface area contributed by atoms with Crippen LogP contribution in [0.4, 0.5) is 14.9 Å². The molecule has 1 atom stereocenters. The minimum atomic E-state index is -0.679. The molecule has 1 aliphatic heterocycles. The quantitative estimate of drug-likeness (QED) is 0.807. The lowest BCUT2D eigenvalue weighted by Gasteiger charge is -2.18. The van der Waals surface area contributed by atoms with E-state index in [9.17, 15) is 14.0 Å². The molecule has 2 aromatic rings. The normalized spacial score (nSPS) is 18.1. The smallest absolute Gasteiger partial charge is 0.332 e. The molecule has 2 heterocycles. The van der Waals surface area contributed by atoms with Gasteiger partial charge in [-0.05, 0) is 31.2 Å². The van der Waals surface area contributed by atoms with Crippen LogP contribution >= 0.6 is 0 Å². The topological polar surface area (TPSA) is 79.5 Å². The van der Waals surface area contributed by atoms with Crippen LogP contribution in [0.2, 0.25) is 0 Å². The van der Waals surface area contributed by atoms with Crippen LogP contribution in [-0.2, 0) is 17.8 Å². The first kappa shape index (κ1) is 15.1. The predicted octanol–water partition coefficient (Wildman–Crippen LogP) is 2.13. The fraction of sp³-hybridized carbons (Fsp3) is 0.333. The van der Waals surface area contributed by atoms with Crippen molar-refractivity contribution in [2.24, 2.45) is 0 Å². The van der Waals surface area contributed by atoms with E-state index < -0.39 is 17.9 Å². The Balaban J connectivity index is 1.84. The average molecular weight is 318 g/mol. The maximum Gasteiger partial charge on any atom is 0.332 e. The molecule has 0 bridgehead atoms. The highest BCUT2D eigenvalue weighted by molar-refractivity contribution is 6.13. The number of imide groups is 1. The number of halogens is 1. The first-order valence-corrected chi connectivity index (χ1v) is 7.23. The van der Waals surface area contributed by atoms with Gasteiger partial charge in [-0.15, -0.1) is 0 Å². The molecular formula is C15H15FN4O3. The van der Waals surface area contributed by atoms with Gasteiger partial charge in [0.25, 0.3) is 5.91 Å². The number of aryl methyl sites for hydroxylation is 1. The number of hydrogen-bond donors (Lipinski definition) is 0. The van der Waals surface area contributed by atoms with Gasteiger partial charge in [0.2, 0.25) is 5.89 Å². The molecule has 1 aromatic carbocycles. The molecule has 1 saturated heterocycles. The fourth-order valence-electron chi connectivity index (χ4n) is 2.44. The molecule has 0 saturated carbocycles. The predicted molar refractivity (Wildman–Crippen MR) is 78.0 cm³/mol. The molecule has 23 heavy (non-hydrogen) atoms. The Morgan fingerprint density at radius 1 is 1.26 bits per heavy atom. The van der Waals surface area contributed by atoms with Crippen molar-refractivity contribution in [1.82, 2.24) is 15.0 Å². The van der Waals surface area contributed by atoms with Gasteiger partial charge in [0.15, 0.2) is 5.82 Å². The van der Waals surface area contributed by atoms with Crippen molar-refractivity contribution in [2.45, 2.75) is 32.9 Å². The zero-order valence-electron chi connectivity index (χ0n) is 12.7. The Morgan fingerprint density at radius 2 is 1.96 bits per heavy atom. The van der Waals surface area contributed by atoms with Gasteiger partial charge in [-0.3, -0.25) is 14.6 Å². The Bertz CT molecular complexity index is 743. The molecule has 1 unspecified atom stereocenters. The van der Waals surface area contributed by atoms with E-state index in [1.807, 2.05) is 6.92 Å². The van der Waals surface area contributed by atoms with Gasteiger partial charge in [0.05, 0.1) is 0 Å². The maximum absolute atomic E-state index is 13.0. The monoisotopic (exact) mass is 318 g/mol. The Hall–Kier alpha value is -2.77. The van der Waals surface area contributed by atoms with E-state index in [1.165, 1.54) is 29.2 Å². The summed E-state index contributed by atoms with van der Waals surface area (Å²) in [5.74, 6) is -0.0519. The summed E-state index contributed by atoms with van der Waals surface area (Å²) in [4.78, 5) is 31.4. The Morgan fingerprint density at radius 3 is 2.57 bits per heavy atom. The second kappa shape index (κ2) is 5.79. The zero-order valence-corrected chi connectivity index (χ0v) is 12.7. The fourth-order valence-corrected chi connectivity index (χ4v) is 2.44. The van der Waals surface area contributed by atoms with E-state index in [4.69, 9.17) is 4.52 Å². The highest BCUT2D eigenvalue weighted by atomic mass is 19.1. The number of amides is 3. The molecule has 3 amide bonds. The molecule has 7 nitrogen and oxygen atoms in total. The third kappa shape index (κ3) is 2.67. The summed E-state index contributed by atoms with van der Waals surface area (Å²) in [7, 11) is 0. The molecule has 0 aliphatic carbocycles. The van der Waals surface area contributed by atoms with Gasteiger partial charge >= 0.3 is 6.03 Å². The van der Waals surface area contributed by atoms with Crippen LogP contribution in [0.25, 0.3) is 0 Å². The number of aromatic nitrogens is 2. The van der Waals surface area contributed by atoms with Gasteiger partial charge in [-0.2, -0.15) is 4.98 Å². The van der Waals surface area contributed by atoms with E-state index >= 15 is 0 Å². The number of rotatable bonds is 4. The number of carbonyl (C=O) groups is 2. The maximum atomic E-state index is 13.0. The van der Waals surface area contributed by atoms with Crippen LogP contribution < -0.4 is 4.90 Å². The van der Waals surface area contributed by atoms with E-state index in [2.05, 4.69) is 10.1 Å². The van der Waals surface area contributed by atoms with Gasteiger partial charge in [0, 0.05) is 12.1 Å². The number of nitrogens with zero attached hydrogens (tertiary/aromatic N) is 4. The van der Waals surface area contributed by atoms with E-state index in [-0.39, 0.29) is 18.3 Å². The second-order valence-electron chi connectivity index (χ2n) is 5.19. The summed E-state index contributed by atoms with van der Waals surface area (Å²) in [6.45, 7) is 3.42. The van der Waals surface area contributed by atoms with Crippen LogP contribution in [0.5, 0.6) is 0 Å². The molecule has 1 aromatic heterocycles. The molecule has 1 aliphatic rings. The molecule has 120 valence electrons. The third-order valence-electron chi connectivity index (χ3n) is 3.67. The molecule has 8 heteroatoms. The minimum absolute atomic E-state index is 0.0767. The van der Waals surface area contributed by atoms with Crippen molar-refractivity contribution in [3.05, 3.63) is 41.8 Å². The SMILES string of the molecule is CCc1noc(CN2C(=O)C(C)N(c3ccc(F)cc3)C2=O)n1. The molecule has 1 fully saturated rings. The van der Waals surface area contributed by atoms with Crippen LogP contribution in [0.1, 0.15) is 25.6 Å². The van der Waals surface area contributed by atoms with Gasteiger partial charge in [-0.25, -0.2) is 9.18 Å². The summed E-state index contributed by atoms with van der Waals surface area (Å²) in [6, 6.07) is 4.24. The lowest BCUT2D eigenvalue weighted by atomic mass is 10.2. The van der Waals surface area contributed by atoms with Crippen LogP contribution in [0.15, 0.2) is 28.8 Å². The molecule has 3 rings (SSSR count). The Kier molecular flexibility index (Phi) is 3.81. The largest absolute Gasteiger partial charge is 0.337 e. The summed E-state index contributed by atoms with van der Waals surface area (Å²) < 4.78 is 18.1. The summed E-state index contributed by atoms with van der Waals surface area (Å²) in [5, 5.41) is 3.74. The standard InChI is InChI=1S/C15H15FN4O3/c1-3-12-17-13(23-18-12)8-19-14(21)9(2)20(15(19)22)11-6-4-10(16)5-7-11/h4-7,9H,3,8H2,1-2H3. The van der Waals surface area contributed by atoms with Crippen molar-refractivity contribution < 1.29 is 18.5 Å². The van der Waals surface area contributed by atoms with Crippen molar-refractivity contribution in [3.8, 4) is 0 Å². The average Bonchev–Trinajstić information content (AvgIpc) is 3.08. The number of urea groups is 1. The van der Waals surface area contributed by atoms with E-state index in [0.717, 1.165) is 4.90 Å². The number of hydrogen-bond acceptors (Lipinski definition) is 5. The molecule has 0 N–H and O–H groups in total. The number of anilines is 1. The highest BCUT2D eigenvalue weighted by Gasteiger charge is 2.43. The highest BCUT2D eigenvalue weighted by Crippen LogP contribution is 2.26. The van der Waals surface area contributed by atoms with Gasteiger partial charge in [-0.1, -0.05) is 12.1 Å². The van der Waals surface area contributed by atoms with Gasteiger partial charge < -0.3 is 4.52 Å². The van der Waals surface area contributed by atoms with E-state index in [1.54, 1.807) is 6.92 Å².